The maximum Gasteiger partial charge on any atom is 0.326 e. The van der Waals surface area contributed by atoms with Gasteiger partial charge in [0.05, 0.1) is 12.6 Å². The minimum Gasteiger partial charge on any atom is -0.480 e. The molecule has 1 aliphatic heterocycles. The molecule has 3 atom stereocenters. The Labute approximate surface area is 173 Å². The summed E-state index contributed by atoms with van der Waals surface area (Å²) in [5.74, 6) is -2.70. The molecule has 1 fully saturated rings. The predicted octanol–water partition coefficient (Wildman–Crippen LogP) is -1.99. The molecule has 7 N–H and O–H groups in total. The summed E-state index contributed by atoms with van der Waals surface area (Å²) in [5, 5.41) is 14.1. The number of carboxylic acid groups (broad SMARTS) is 1. The number of amides is 4. The number of nitrogens with two attached hydrogens (primary N) is 2. The van der Waals surface area contributed by atoms with Crippen LogP contribution in [0.4, 0.5) is 0 Å². The molecule has 0 spiro atoms. The molecule has 0 aromatic rings. The second-order valence-electron chi connectivity index (χ2n) is 6.76. The van der Waals surface area contributed by atoms with Crippen molar-refractivity contribution in [3.8, 4) is 0 Å². The first kappa shape index (κ1) is 24.7. The molecule has 29 heavy (non-hydrogen) atoms. The fourth-order valence-corrected chi connectivity index (χ4v) is 3.39. The Bertz CT molecular complexity index is 631. The molecule has 0 bridgehead atoms. The average Bonchev–Trinajstić information content (AvgIpc) is 3.16. The predicted molar refractivity (Wildman–Crippen MR) is 107 cm³/mol. The molecule has 0 aliphatic carbocycles. The summed E-state index contributed by atoms with van der Waals surface area (Å²) < 4.78 is 0. The van der Waals surface area contributed by atoms with Gasteiger partial charge in [0.25, 0.3) is 0 Å². The number of nitrogens with one attached hydrogen (secondary N) is 2. The monoisotopic (exact) mass is 431 g/mol. The molecular weight excluding hydrogens is 402 g/mol. The Morgan fingerprint density at radius 3 is 2.52 bits per heavy atom. The van der Waals surface area contributed by atoms with Crippen LogP contribution in [0.5, 0.6) is 0 Å². The number of nitrogens with zero attached hydrogens (tertiary/aromatic N) is 1. The van der Waals surface area contributed by atoms with E-state index in [4.69, 9.17) is 11.5 Å². The third-order valence-corrected chi connectivity index (χ3v) is 5.20. The molecule has 1 rings (SSSR count). The van der Waals surface area contributed by atoms with Gasteiger partial charge in [0.15, 0.2) is 0 Å². The van der Waals surface area contributed by atoms with Crippen LogP contribution in [-0.4, -0.2) is 82.8 Å². The van der Waals surface area contributed by atoms with E-state index in [1.165, 1.54) is 16.7 Å². The van der Waals surface area contributed by atoms with Crippen LogP contribution < -0.4 is 22.1 Å². The minimum absolute atomic E-state index is 0.0435. The van der Waals surface area contributed by atoms with E-state index >= 15 is 0 Å². The van der Waals surface area contributed by atoms with Crippen LogP contribution in [0.25, 0.3) is 0 Å². The lowest BCUT2D eigenvalue weighted by Crippen LogP contribution is -2.53. The zero-order valence-corrected chi connectivity index (χ0v) is 17.2. The van der Waals surface area contributed by atoms with E-state index in [1.807, 2.05) is 6.26 Å². The lowest BCUT2D eigenvalue weighted by Gasteiger charge is -2.26. The highest BCUT2D eigenvalue weighted by Gasteiger charge is 2.35. The molecule has 0 aromatic carbocycles. The van der Waals surface area contributed by atoms with Gasteiger partial charge >= 0.3 is 5.97 Å². The molecule has 0 aromatic heterocycles. The van der Waals surface area contributed by atoms with Gasteiger partial charge in [-0.05, 0) is 37.7 Å². The molecule has 0 saturated carbocycles. The molecule has 12 heteroatoms. The first-order chi connectivity index (χ1) is 13.7. The summed E-state index contributed by atoms with van der Waals surface area (Å²) in [6.45, 7) is -0.00914. The lowest BCUT2D eigenvalue weighted by atomic mass is 10.1. The summed E-state index contributed by atoms with van der Waals surface area (Å²) in [6, 6.07) is -2.77. The van der Waals surface area contributed by atoms with Crippen molar-refractivity contribution in [1.29, 1.82) is 0 Å². The Hall–Kier alpha value is -2.34. The van der Waals surface area contributed by atoms with Gasteiger partial charge in [0, 0.05) is 13.0 Å². The van der Waals surface area contributed by atoms with Gasteiger partial charge in [0.1, 0.15) is 12.1 Å². The van der Waals surface area contributed by atoms with Crippen molar-refractivity contribution in [1.82, 2.24) is 15.5 Å². The van der Waals surface area contributed by atoms with Crippen molar-refractivity contribution in [3.63, 3.8) is 0 Å². The van der Waals surface area contributed by atoms with Crippen LogP contribution in [0.2, 0.25) is 0 Å². The number of hydrogen-bond acceptors (Lipinski definition) is 7. The van der Waals surface area contributed by atoms with Crippen LogP contribution in [-0.2, 0) is 24.0 Å². The average molecular weight is 432 g/mol. The summed E-state index contributed by atoms with van der Waals surface area (Å²) >= 11 is 1.47. The maximum absolute atomic E-state index is 12.5. The van der Waals surface area contributed by atoms with Crippen LogP contribution in [0, 0.1) is 0 Å². The SMILES string of the molecule is CSCCC(NC(=O)C1CCCN1C(=O)CNC(=O)C(N)CCC(N)=O)C(=O)O. The highest BCUT2D eigenvalue weighted by atomic mass is 32.2. The summed E-state index contributed by atoms with van der Waals surface area (Å²) in [7, 11) is 0. The number of aliphatic carboxylic acids is 1. The Balaban J connectivity index is 2.58. The molecule has 164 valence electrons. The fourth-order valence-electron chi connectivity index (χ4n) is 2.92. The molecule has 0 radical (unpaired) electrons. The third kappa shape index (κ3) is 8.28. The number of carbonyl (C=O) groups excluding carboxylic acids is 4. The van der Waals surface area contributed by atoms with E-state index < -0.39 is 47.7 Å². The first-order valence-electron chi connectivity index (χ1n) is 9.30. The Morgan fingerprint density at radius 2 is 1.93 bits per heavy atom. The van der Waals surface area contributed by atoms with Crippen molar-refractivity contribution in [3.05, 3.63) is 0 Å². The topological polar surface area (TPSA) is 185 Å². The smallest absolute Gasteiger partial charge is 0.326 e. The Morgan fingerprint density at radius 1 is 1.24 bits per heavy atom. The van der Waals surface area contributed by atoms with Gasteiger partial charge in [-0.2, -0.15) is 11.8 Å². The van der Waals surface area contributed by atoms with Crippen molar-refractivity contribution in [2.45, 2.75) is 50.2 Å². The van der Waals surface area contributed by atoms with E-state index in [9.17, 15) is 29.1 Å². The molecule has 1 saturated heterocycles. The summed E-state index contributed by atoms with van der Waals surface area (Å²) in [6.07, 6.45) is 3.15. The van der Waals surface area contributed by atoms with Gasteiger partial charge in [0.2, 0.25) is 23.6 Å². The highest BCUT2D eigenvalue weighted by molar-refractivity contribution is 7.98. The summed E-state index contributed by atoms with van der Waals surface area (Å²) in [4.78, 5) is 60.2. The first-order valence-corrected chi connectivity index (χ1v) is 10.7. The van der Waals surface area contributed by atoms with Crippen LogP contribution in [0.3, 0.4) is 0 Å². The fraction of sp³-hybridized carbons (Fsp3) is 0.706. The van der Waals surface area contributed by atoms with E-state index in [0.29, 0.717) is 25.1 Å². The van der Waals surface area contributed by atoms with Crippen molar-refractivity contribution in [2.75, 3.05) is 25.1 Å². The number of primary amides is 1. The zero-order valence-electron chi connectivity index (χ0n) is 16.4. The lowest BCUT2D eigenvalue weighted by molar-refractivity contribution is -0.144. The molecule has 3 unspecified atom stereocenters. The molecule has 11 nitrogen and oxygen atoms in total. The standard InChI is InChI=1S/C17H29N5O6S/c1-29-8-6-11(17(27)28)21-16(26)12-3-2-7-22(12)14(24)9-20-15(25)10(18)4-5-13(19)23/h10-12H,2-9,18H2,1H3,(H2,19,23)(H,20,25)(H,21,26)(H,27,28). The third-order valence-electron chi connectivity index (χ3n) is 4.55. The Kier molecular flexibility index (Phi) is 10.5. The van der Waals surface area contributed by atoms with Gasteiger partial charge in [-0.25, -0.2) is 4.79 Å². The van der Waals surface area contributed by atoms with Crippen molar-refractivity contribution < 1.29 is 29.1 Å². The number of hydrogen-bond donors (Lipinski definition) is 5. The number of carboxylic acids is 1. The summed E-state index contributed by atoms with van der Waals surface area (Å²) in [5.41, 5.74) is 10.6. The minimum atomic E-state index is -1.12. The molecule has 1 aliphatic rings. The van der Waals surface area contributed by atoms with Gasteiger partial charge in [-0.1, -0.05) is 0 Å². The normalized spacial score (nSPS) is 18.0. The second kappa shape index (κ2) is 12.3. The second-order valence-corrected chi connectivity index (χ2v) is 7.74. The van der Waals surface area contributed by atoms with Crippen molar-refractivity contribution in [2.24, 2.45) is 11.5 Å². The van der Waals surface area contributed by atoms with Gasteiger partial charge in [-0.3, -0.25) is 19.2 Å². The van der Waals surface area contributed by atoms with Crippen LogP contribution in [0.1, 0.15) is 32.1 Å². The highest BCUT2D eigenvalue weighted by Crippen LogP contribution is 2.18. The van der Waals surface area contributed by atoms with E-state index in [1.54, 1.807) is 0 Å². The zero-order chi connectivity index (χ0) is 22.0. The van der Waals surface area contributed by atoms with E-state index in [0.717, 1.165) is 0 Å². The molecule has 1 heterocycles. The number of carbonyl (C=O) groups is 5. The number of rotatable bonds is 12. The number of thioether (sulfide) groups is 1. The van der Waals surface area contributed by atoms with Crippen LogP contribution in [0.15, 0.2) is 0 Å². The van der Waals surface area contributed by atoms with Crippen LogP contribution >= 0.6 is 11.8 Å². The van der Waals surface area contributed by atoms with Gasteiger partial charge in [-0.15, -0.1) is 0 Å². The largest absolute Gasteiger partial charge is 0.480 e. The molecular formula is C17H29N5O6S. The van der Waals surface area contributed by atoms with Gasteiger partial charge < -0.3 is 32.1 Å². The van der Waals surface area contributed by atoms with E-state index in [-0.39, 0.29) is 25.8 Å². The maximum atomic E-state index is 12.5. The number of likely N-dealkylation sites (tertiary alicyclic amines) is 1. The molecule has 4 amide bonds. The quantitative estimate of drug-likeness (QED) is 0.235. The van der Waals surface area contributed by atoms with Crippen molar-refractivity contribution >= 4 is 41.4 Å². The van der Waals surface area contributed by atoms with E-state index in [2.05, 4.69) is 10.6 Å².